The average molecular weight is 360 g/mol. The minimum Gasteiger partial charge on any atom is -0.443 e. The molecule has 2 aromatic rings. The second kappa shape index (κ2) is 7.15. The number of amides is 2. The van der Waals surface area contributed by atoms with E-state index in [1.54, 1.807) is 66.1 Å². The van der Waals surface area contributed by atoms with Gasteiger partial charge in [0.25, 0.3) is 0 Å². The van der Waals surface area contributed by atoms with Crippen LogP contribution in [-0.4, -0.2) is 38.2 Å². The normalized spacial score (nSPS) is 11.8. The highest BCUT2D eigenvalue weighted by molar-refractivity contribution is 6.09. The molecule has 0 aromatic carbocycles. The molecule has 26 heavy (non-hydrogen) atoms. The molecule has 0 N–H and O–H groups in total. The van der Waals surface area contributed by atoms with E-state index in [9.17, 15) is 9.59 Å². The van der Waals surface area contributed by atoms with E-state index in [-0.39, 0.29) is 5.69 Å². The van der Waals surface area contributed by atoms with Crippen molar-refractivity contribution in [3.05, 3.63) is 36.9 Å². The van der Waals surface area contributed by atoms with Crippen LogP contribution in [0.1, 0.15) is 41.5 Å². The van der Waals surface area contributed by atoms with Gasteiger partial charge in [-0.2, -0.15) is 10.00 Å². The molecular weight excluding hydrogens is 336 g/mol. The summed E-state index contributed by atoms with van der Waals surface area (Å²) >= 11 is 0. The van der Waals surface area contributed by atoms with Crippen LogP contribution in [-0.2, 0) is 9.47 Å². The molecule has 0 aliphatic rings. The Balaban J connectivity index is 2.36. The summed E-state index contributed by atoms with van der Waals surface area (Å²) in [5, 5.41) is 4.18. The van der Waals surface area contributed by atoms with Crippen LogP contribution in [0, 0.1) is 0 Å². The summed E-state index contributed by atoms with van der Waals surface area (Å²) < 4.78 is 12.2. The van der Waals surface area contributed by atoms with E-state index in [0.717, 1.165) is 4.90 Å². The minimum atomic E-state index is -0.836. The molecule has 2 rings (SSSR count). The summed E-state index contributed by atoms with van der Waals surface area (Å²) in [4.78, 5) is 30.0. The first-order valence-corrected chi connectivity index (χ1v) is 8.17. The zero-order chi connectivity index (χ0) is 19.5. The molecule has 0 radical (unpaired) electrons. The molecule has 140 valence electrons. The van der Waals surface area contributed by atoms with Crippen molar-refractivity contribution in [3.8, 4) is 5.69 Å². The largest absolute Gasteiger partial charge is 0.443 e. The maximum absolute atomic E-state index is 12.6. The van der Waals surface area contributed by atoms with Crippen LogP contribution in [0.2, 0.25) is 0 Å². The van der Waals surface area contributed by atoms with Crippen LogP contribution in [0.15, 0.2) is 36.9 Å². The molecule has 0 fully saturated rings. The van der Waals surface area contributed by atoms with Gasteiger partial charge in [-0.1, -0.05) is 0 Å². The highest BCUT2D eigenvalue weighted by atomic mass is 16.6. The number of ether oxygens (including phenoxy) is 2. The molecule has 0 bridgehead atoms. The van der Waals surface area contributed by atoms with E-state index in [1.807, 2.05) is 0 Å². The van der Waals surface area contributed by atoms with Gasteiger partial charge in [0.05, 0.1) is 30.0 Å². The van der Waals surface area contributed by atoms with Crippen LogP contribution in [0.25, 0.3) is 5.69 Å². The number of aromatic nitrogens is 3. The van der Waals surface area contributed by atoms with Gasteiger partial charge < -0.3 is 9.47 Å². The van der Waals surface area contributed by atoms with Crippen LogP contribution >= 0.6 is 0 Å². The topological polar surface area (TPSA) is 86.5 Å². The lowest BCUT2D eigenvalue weighted by molar-refractivity contribution is 0.0430. The third-order valence-corrected chi connectivity index (χ3v) is 2.89. The number of hydrogen-bond donors (Lipinski definition) is 0. The van der Waals surface area contributed by atoms with Crippen LogP contribution in [0.5, 0.6) is 0 Å². The number of rotatable bonds is 2. The monoisotopic (exact) mass is 360 g/mol. The first-order chi connectivity index (χ1) is 12.0. The maximum atomic E-state index is 12.6. The smallest absolute Gasteiger partial charge is 0.424 e. The van der Waals surface area contributed by atoms with Crippen molar-refractivity contribution in [1.29, 1.82) is 0 Å². The van der Waals surface area contributed by atoms with E-state index in [4.69, 9.17) is 9.47 Å². The summed E-state index contributed by atoms with van der Waals surface area (Å²) in [5.74, 6) is 0. The lowest BCUT2D eigenvalue weighted by Crippen LogP contribution is -2.43. The zero-order valence-electron chi connectivity index (χ0n) is 15.9. The Morgan fingerprint density at radius 2 is 1.58 bits per heavy atom. The van der Waals surface area contributed by atoms with Crippen LogP contribution in [0.4, 0.5) is 15.3 Å². The summed E-state index contributed by atoms with van der Waals surface area (Å²) in [6, 6.07) is 3.56. The molecule has 8 nitrogen and oxygen atoms in total. The number of hydrogen-bond acceptors (Lipinski definition) is 6. The first-order valence-electron chi connectivity index (χ1n) is 8.17. The molecule has 0 aliphatic heterocycles. The standard InChI is InChI=1S/C18H24N4O4/c1-17(2,3)25-15(23)22(16(24)26-18(4,5)6)14-11-20-21(12-14)13-8-7-9-19-10-13/h7-12H,1-6H3. The van der Waals surface area contributed by atoms with Crippen molar-refractivity contribution in [2.45, 2.75) is 52.7 Å². The van der Waals surface area contributed by atoms with Crippen molar-refractivity contribution in [3.63, 3.8) is 0 Å². The molecular formula is C18H24N4O4. The SMILES string of the molecule is CC(C)(C)OC(=O)N(C(=O)OC(C)(C)C)c1cnn(-c2cccnc2)c1. The second-order valence-electron chi connectivity index (χ2n) is 7.65. The van der Waals surface area contributed by atoms with Crippen molar-refractivity contribution in [1.82, 2.24) is 14.8 Å². The quantitative estimate of drug-likeness (QED) is 0.806. The fraction of sp³-hybridized carbons (Fsp3) is 0.444. The predicted octanol–water partition coefficient (Wildman–Crippen LogP) is 3.94. The molecule has 0 atom stereocenters. The van der Waals surface area contributed by atoms with Gasteiger partial charge in [0.2, 0.25) is 0 Å². The van der Waals surface area contributed by atoms with Crippen molar-refractivity contribution < 1.29 is 19.1 Å². The zero-order valence-corrected chi connectivity index (χ0v) is 15.9. The summed E-state index contributed by atoms with van der Waals surface area (Å²) in [5.41, 5.74) is -0.614. The van der Waals surface area contributed by atoms with Crippen molar-refractivity contribution in [2.75, 3.05) is 4.90 Å². The van der Waals surface area contributed by atoms with E-state index < -0.39 is 23.4 Å². The summed E-state index contributed by atoms with van der Waals surface area (Å²) in [6.07, 6.45) is 4.50. The van der Waals surface area contributed by atoms with Gasteiger partial charge >= 0.3 is 12.2 Å². The van der Waals surface area contributed by atoms with E-state index in [2.05, 4.69) is 10.1 Å². The number of pyridine rings is 1. The molecule has 0 saturated carbocycles. The van der Waals surface area contributed by atoms with Crippen LogP contribution < -0.4 is 4.90 Å². The van der Waals surface area contributed by atoms with Gasteiger partial charge in [0.15, 0.2) is 0 Å². The molecule has 0 spiro atoms. The summed E-state index contributed by atoms with van der Waals surface area (Å²) in [7, 11) is 0. The number of carbonyl (C=O) groups excluding carboxylic acids is 2. The molecule has 2 heterocycles. The highest BCUT2D eigenvalue weighted by Crippen LogP contribution is 2.22. The number of carbonyl (C=O) groups is 2. The number of imide groups is 1. The molecule has 0 saturated heterocycles. The van der Waals surface area contributed by atoms with Gasteiger partial charge in [0, 0.05) is 6.20 Å². The van der Waals surface area contributed by atoms with Crippen LogP contribution in [0.3, 0.4) is 0 Å². The van der Waals surface area contributed by atoms with Gasteiger partial charge in [-0.3, -0.25) is 4.98 Å². The maximum Gasteiger partial charge on any atom is 0.424 e. The minimum absolute atomic E-state index is 0.234. The lowest BCUT2D eigenvalue weighted by atomic mass is 10.2. The Labute approximate surface area is 152 Å². The average Bonchev–Trinajstić information content (AvgIpc) is 2.94. The molecule has 2 amide bonds. The fourth-order valence-electron chi connectivity index (χ4n) is 1.96. The Morgan fingerprint density at radius 1 is 1.00 bits per heavy atom. The second-order valence-corrected chi connectivity index (χ2v) is 7.65. The lowest BCUT2D eigenvalue weighted by Gasteiger charge is -2.27. The van der Waals surface area contributed by atoms with E-state index >= 15 is 0 Å². The van der Waals surface area contributed by atoms with Gasteiger partial charge in [0.1, 0.15) is 11.2 Å². The van der Waals surface area contributed by atoms with Gasteiger partial charge in [-0.25, -0.2) is 14.3 Å². The van der Waals surface area contributed by atoms with E-state index in [0.29, 0.717) is 5.69 Å². The van der Waals surface area contributed by atoms with E-state index in [1.165, 1.54) is 17.1 Å². The molecule has 2 aromatic heterocycles. The van der Waals surface area contributed by atoms with Gasteiger partial charge in [-0.15, -0.1) is 0 Å². The number of nitrogens with zero attached hydrogens (tertiary/aromatic N) is 4. The van der Waals surface area contributed by atoms with Gasteiger partial charge in [-0.05, 0) is 53.7 Å². The Kier molecular flexibility index (Phi) is 5.34. The third-order valence-electron chi connectivity index (χ3n) is 2.89. The Hall–Kier alpha value is -2.90. The molecule has 0 aliphatic carbocycles. The summed E-state index contributed by atoms with van der Waals surface area (Å²) in [6.45, 7) is 10.3. The highest BCUT2D eigenvalue weighted by Gasteiger charge is 2.33. The molecule has 0 unspecified atom stereocenters. The third kappa shape index (κ3) is 5.30. The van der Waals surface area contributed by atoms with Crippen molar-refractivity contribution in [2.24, 2.45) is 0 Å². The molecule has 8 heteroatoms. The Bertz CT molecular complexity index is 744. The Morgan fingerprint density at radius 3 is 2.04 bits per heavy atom. The fourth-order valence-corrected chi connectivity index (χ4v) is 1.96. The predicted molar refractivity (Wildman–Crippen MR) is 96.3 cm³/mol. The first kappa shape index (κ1) is 19.4. The van der Waals surface area contributed by atoms with Crippen molar-refractivity contribution >= 4 is 17.9 Å². The number of anilines is 1.